The highest BCUT2D eigenvalue weighted by atomic mass is 32.1. The van der Waals surface area contributed by atoms with Crippen LogP contribution < -0.4 is 14.3 Å². The number of aromatic nitrogens is 1. The Morgan fingerprint density at radius 2 is 1.93 bits per heavy atom. The Morgan fingerprint density at radius 1 is 1.14 bits per heavy atom. The second kappa shape index (κ2) is 8.49. The first-order valence-corrected chi connectivity index (χ1v) is 9.08. The van der Waals surface area contributed by atoms with E-state index in [1.165, 1.54) is 38.0 Å². The zero-order valence-corrected chi connectivity index (χ0v) is 16.3. The number of halogens is 2. The SMILES string of the molecule is COCCn1c(=NC(=O)c2ccc(OC)cc2OC)sc2cc(F)cc(F)c21. The molecule has 3 aromatic rings. The molecule has 1 aromatic heterocycles. The van der Waals surface area contributed by atoms with Crippen molar-refractivity contribution < 1.29 is 27.8 Å². The number of carbonyl (C=O) groups excluding carboxylic acids is 1. The van der Waals surface area contributed by atoms with Crippen LogP contribution >= 0.6 is 11.3 Å². The average Bonchev–Trinajstić information content (AvgIpc) is 3.02. The molecule has 6 nitrogen and oxygen atoms in total. The van der Waals surface area contributed by atoms with Crippen LogP contribution in [0.2, 0.25) is 0 Å². The molecule has 3 rings (SSSR count). The molecule has 0 bridgehead atoms. The van der Waals surface area contributed by atoms with Gasteiger partial charge in [0, 0.05) is 25.8 Å². The summed E-state index contributed by atoms with van der Waals surface area (Å²) in [5.74, 6) is -1.16. The number of rotatable bonds is 6. The van der Waals surface area contributed by atoms with Gasteiger partial charge in [0.1, 0.15) is 17.3 Å². The summed E-state index contributed by atoms with van der Waals surface area (Å²) >= 11 is 1.02. The van der Waals surface area contributed by atoms with E-state index >= 15 is 0 Å². The van der Waals surface area contributed by atoms with E-state index in [1.54, 1.807) is 12.1 Å². The first kappa shape index (κ1) is 20.0. The Balaban J connectivity index is 2.15. The number of benzene rings is 2. The van der Waals surface area contributed by atoms with Gasteiger partial charge in [0.25, 0.3) is 5.91 Å². The maximum atomic E-state index is 14.4. The fraction of sp³-hybridized carbons (Fsp3) is 0.263. The van der Waals surface area contributed by atoms with Gasteiger partial charge < -0.3 is 18.8 Å². The molecule has 1 amide bonds. The number of carbonyl (C=O) groups is 1. The molecule has 0 unspecified atom stereocenters. The number of methoxy groups -OCH3 is 3. The van der Waals surface area contributed by atoms with Gasteiger partial charge in [-0.15, -0.1) is 0 Å². The summed E-state index contributed by atoms with van der Waals surface area (Å²) in [4.78, 5) is 17.1. The second-order valence-corrected chi connectivity index (χ2v) is 6.76. The number of ether oxygens (including phenoxy) is 3. The van der Waals surface area contributed by atoms with Gasteiger partial charge in [0.2, 0.25) is 0 Å². The van der Waals surface area contributed by atoms with Crippen molar-refractivity contribution in [3.63, 3.8) is 0 Å². The third-order valence-electron chi connectivity index (χ3n) is 4.05. The van der Waals surface area contributed by atoms with Crippen molar-refractivity contribution in [1.29, 1.82) is 0 Å². The molecule has 0 spiro atoms. The lowest BCUT2D eigenvalue weighted by Crippen LogP contribution is -2.20. The summed E-state index contributed by atoms with van der Waals surface area (Å²) < 4.78 is 45.2. The lowest BCUT2D eigenvalue weighted by atomic mass is 10.2. The van der Waals surface area contributed by atoms with Crippen LogP contribution in [-0.4, -0.2) is 38.4 Å². The number of hydrogen-bond donors (Lipinski definition) is 0. The van der Waals surface area contributed by atoms with E-state index < -0.39 is 17.5 Å². The van der Waals surface area contributed by atoms with Crippen molar-refractivity contribution in [2.45, 2.75) is 6.54 Å². The van der Waals surface area contributed by atoms with Crippen LogP contribution in [0.3, 0.4) is 0 Å². The predicted molar refractivity (Wildman–Crippen MR) is 101 cm³/mol. The zero-order valence-electron chi connectivity index (χ0n) is 15.5. The van der Waals surface area contributed by atoms with Crippen molar-refractivity contribution in [3.05, 3.63) is 52.3 Å². The number of fused-ring (bicyclic) bond motifs is 1. The normalized spacial score (nSPS) is 11.8. The van der Waals surface area contributed by atoms with E-state index in [-0.39, 0.29) is 29.0 Å². The molecule has 1 heterocycles. The minimum absolute atomic E-state index is 0.177. The Hall–Kier alpha value is -2.78. The third-order valence-corrected chi connectivity index (χ3v) is 5.08. The molecular weight excluding hydrogens is 390 g/mol. The van der Waals surface area contributed by atoms with E-state index in [1.807, 2.05) is 0 Å². The van der Waals surface area contributed by atoms with Crippen LogP contribution in [0.1, 0.15) is 10.4 Å². The summed E-state index contributed by atoms with van der Waals surface area (Å²) in [6.07, 6.45) is 0. The minimum atomic E-state index is -0.724. The van der Waals surface area contributed by atoms with Gasteiger partial charge in [0.15, 0.2) is 10.6 Å². The van der Waals surface area contributed by atoms with Crippen LogP contribution in [-0.2, 0) is 11.3 Å². The quantitative estimate of drug-likeness (QED) is 0.627. The van der Waals surface area contributed by atoms with Crippen molar-refractivity contribution in [1.82, 2.24) is 4.57 Å². The highest BCUT2D eigenvalue weighted by Crippen LogP contribution is 2.26. The van der Waals surface area contributed by atoms with Crippen LogP contribution in [0.15, 0.2) is 35.3 Å². The largest absolute Gasteiger partial charge is 0.497 e. The lowest BCUT2D eigenvalue weighted by Gasteiger charge is -2.08. The second-order valence-electron chi connectivity index (χ2n) is 5.75. The van der Waals surface area contributed by atoms with E-state index in [9.17, 15) is 13.6 Å². The third kappa shape index (κ3) is 3.90. The summed E-state index contributed by atoms with van der Waals surface area (Å²) in [5.41, 5.74) is 0.405. The van der Waals surface area contributed by atoms with Crippen LogP contribution in [0.4, 0.5) is 8.78 Å². The molecule has 28 heavy (non-hydrogen) atoms. The van der Waals surface area contributed by atoms with Gasteiger partial charge in [-0.2, -0.15) is 4.99 Å². The smallest absolute Gasteiger partial charge is 0.283 e. The molecule has 0 aliphatic heterocycles. The monoisotopic (exact) mass is 408 g/mol. The minimum Gasteiger partial charge on any atom is -0.497 e. The number of thiazole rings is 1. The van der Waals surface area contributed by atoms with Gasteiger partial charge in [0.05, 0.1) is 36.6 Å². The van der Waals surface area contributed by atoms with E-state index in [4.69, 9.17) is 14.2 Å². The Morgan fingerprint density at radius 3 is 2.61 bits per heavy atom. The zero-order chi connectivity index (χ0) is 20.3. The molecule has 148 valence electrons. The van der Waals surface area contributed by atoms with Crippen LogP contribution in [0.5, 0.6) is 11.5 Å². The lowest BCUT2D eigenvalue weighted by molar-refractivity contribution is 0.0994. The van der Waals surface area contributed by atoms with E-state index in [0.29, 0.717) is 16.2 Å². The first-order chi connectivity index (χ1) is 13.5. The van der Waals surface area contributed by atoms with E-state index in [0.717, 1.165) is 17.4 Å². The van der Waals surface area contributed by atoms with Crippen LogP contribution in [0.25, 0.3) is 10.2 Å². The van der Waals surface area contributed by atoms with Gasteiger partial charge in [-0.05, 0) is 18.2 Å². The topological polar surface area (TPSA) is 62.1 Å². The van der Waals surface area contributed by atoms with Crippen LogP contribution in [0, 0.1) is 11.6 Å². The Kier molecular flexibility index (Phi) is 6.05. The van der Waals surface area contributed by atoms with Gasteiger partial charge in [-0.25, -0.2) is 8.78 Å². The summed E-state index contributed by atoms with van der Waals surface area (Å²) in [5, 5.41) is 0. The molecule has 9 heteroatoms. The molecular formula is C19H18F2N2O4S. The number of nitrogens with zero attached hydrogens (tertiary/aromatic N) is 2. The predicted octanol–water partition coefficient (Wildman–Crippen LogP) is 3.39. The summed E-state index contributed by atoms with van der Waals surface area (Å²) in [6.45, 7) is 0.529. The van der Waals surface area contributed by atoms with Crippen molar-refractivity contribution in [2.24, 2.45) is 4.99 Å². The number of hydrogen-bond acceptors (Lipinski definition) is 5. The molecule has 0 radical (unpaired) electrons. The Labute approximate surface area is 163 Å². The first-order valence-electron chi connectivity index (χ1n) is 8.27. The van der Waals surface area contributed by atoms with Crippen molar-refractivity contribution in [2.75, 3.05) is 27.9 Å². The molecule has 0 aliphatic rings. The Bertz CT molecular complexity index is 1090. The fourth-order valence-electron chi connectivity index (χ4n) is 2.73. The summed E-state index contributed by atoms with van der Waals surface area (Å²) in [7, 11) is 4.45. The molecule has 0 N–H and O–H groups in total. The van der Waals surface area contributed by atoms with Crippen molar-refractivity contribution >= 4 is 27.5 Å². The fourth-order valence-corrected chi connectivity index (χ4v) is 3.82. The number of amides is 1. The molecule has 0 fully saturated rings. The molecule has 2 aromatic carbocycles. The summed E-state index contributed by atoms with van der Waals surface area (Å²) in [6, 6.07) is 6.74. The maximum Gasteiger partial charge on any atom is 0.283 e. The highest BCUT2D eigenvalue weighted by molar-refractivity contribution is 7.16. The molecule has 0 aliphatic carbocycles. The average molecular weight is 408 g/mol. The van der Waals surface area contributed by atoms with E-state index in [2.05, 4.69) is 4.99 Å². The van der Waals surface area contributed by atoms with Crippen molar-refractivity contribution in [3.8, 4) is 11.5 Å². The van der Waals surface area contributed by atoms with Gasteiger partial charge in [-0.1, -0.05) is 11.3 Å². The standard InChI is InChI=1S/C19H18F2N2O4S/c1-25-7-6-23-17-14(21)8-11(20)9-16(17)28-19(23)22-18(24)13-5-4-12(26-2)10-15(13)27-3/h4-5,8-10H,6-7H2,1-3H3. The highest BCUT2D eigenvalue weighted by Gasteiger charge is 2.16. The van der Waals surface area contributed by atoms with Gasteiger partial charge >= 0.3 is 0 Å². The molecule has 0 saturated carbocycles. The van der Waals surface area contributed by atoms with Gasteiger partial charge in [-0.3, -0.25) is 4.79 Å². The molecule has 0 atom stereocenters. The molecule has 0 saturated heterocycles. The maximum absolute atomic E-state index is 14.4.